The van der Waals surface area contributed by atoms with Crippen molar-refractivity contribution in [3.63, 3.8) is 0 Å². The molecule has 98 valence electrons. The molecule has 0 bridgehead atoms. The van der Waals surface area contributed by atoms with Crippen molar-refractivity contribution >= 4 is 5.91 Å². The summed E-state index contributed by atoms with van der Waals surface area (Å²) < 4.78 is 0. The first-order valence-corrected chi connectivity index (χ1v) is 6.38. The third-order valence-electron chi connectivity index (χ3n) is 3.59. The van der Waals surface area contributed by atoms with Gasteiger partial charge in [0.05, 0.1) is 6.04 Å². The maximum atomic E-state index is 12.5. The first-order chi connectivity index (χ1) is 8.63. The van der Waals surface area contributed by atoms with E-state index in [1.165, 1.54) is 0 Å². The van der Waals surface area contributed by atoms with Crippen molar-refractivity contribution in [2.24, 2.45) is 5.73 Å². The lowest BCUT2D eigenvalue weighted by Gasteiger charge is -2.39. The number of hydrogen-bond acceptors (Lipinski definition) is 3. The number of hydrogen-bond donors (Lipinski definition) is 1. The molecule has 1 aliphatic heterocycles. The Labute approximate surface area is 108 Å². The van der Waals surface area contributed by atoms with Gasteiger partial charge in [0.25, 0.3) is 5.91 Å². The van der Waals surface area contributed by atoms with Crippen LogP contribution in [-0.2, 0) is 0 Å². The Kier molecular flexibility index (Phi) is 3.99. The van der Waals surface area contributed by atoms with Crippen LogP contribution in [0.5, 0.6) is 0 Å². The highest BCUT2D eigenvalue weighted by molar-refractivity contribution is 5.95. The third kappa shape index (κ3) is 2.54. The molecule has 0 spiro atoms. The van der Waals surface area contributed by atoms with Gasteiger partial charge in [-0.3, -0.25) is 4.79 Å². The van der Waals surface area contributed by atoms with Crippen molar-refractivity contribution in [3.05, 3.63) is 35.4 Å². The van der Waals surface area contributed by atoms with Crippen molar-refractivity contribution in [2.75, 3.05) is 33.2 Å². The van der Waals surface area contributed by atoms with Gasteiger partial charge in [-0.25, -0.2) is 0 Å². The molecule has 1 aliphatic rings. The molecule has 1 aromatic rings. The molecule has 18 heavy (non-hydrogen) atoms. The van der Waals surface area contributed by atoms with Gasteiger partial charge in [-0.2, -0.15) is 0 Å². The van der Waals surface area contributed by atoms with Gasteiger partial charge in [-0.1, -0.05) is 18.2 Å². The van der Waals surface area contributed by atoms with Crippen LogP contribution in [0.3, 0.4) is 0 Å². The van der Waals surface area contributed by atoms with Crippen LogP contribution in [0.2, 0.25) is 0 Å². The zero-order valence-corrected chi connectivity index (χ0v) is 11.1. The zero-order valence-electron chi connectivity index (χ0n) is 11.1. The fraction of sp³-hybridized carbons (Fsp3) is 0.500. The molecule has 2 N–H and O–H groups in total. The van der Waals surface area contributed by atoms with Crippen LogP contribution in [0.1, 0.15) is 15.9 Å². The van der Waals surface area contributed by atoms with Crippen LogP contribution >= 0.6 is 0 Å². The molecule has 0 aliphatic carbocycles. The molecule has 0 saturated carbocycles. The fourth-order valence-corrected chi connectivity index (χ4v) is 2.45. The minimum Gasteiger partial charge on any atom is -0.332 e. The van der Waals surface area contributed by atoms with E-state index in [-0.39, 0.29) is 11.9 Å². The van der Waals surface area contributed by atoms with Gasteiger partial charge < -0.3 is 15.5 Å². The normalized spacial score (nSPS) is 21.1. The summed E-state index contributed by atoms with van der Waals surface area (Å²) >= 11 is 0. The van der Waals surface area contributed by atoms with Crippen molar-refractivity contribution in [3.8, 4) is 0 Å². The van der Waals surface area contributed by atoms with Gasteiger partial charge in [0, 0.05) is 31.7 Å². The highest BCUT2D eigenvalue weighted by Crippen LogP contribution is 2.15. The van der Waals surface area contributed by atoms with E-state index in [1.807, 2.05) is 36.1 Å². The second kappa shape index (κ2) is 5.50. The van der Waals surface area contributed by atoms with Crippen LogP contribution < -0.4 is 5.73 Å². The van der Waals surface area contributed by atoms with Gasteiger partial charge in [0.15, 0.2) is 0 Å². The summed E-state index contributed by atoms with van der Waals surface area (Å²) in [6, 6.07) is 7.85. The zero-order chi connectivity index (χ0) is 13.1. The molecule has 1 aromatic carbocycles. The molecule has 1 saturated heterocycles. The Balaban J connectivity index is 2.20. The molecule has 1 heterocycles. The molecular formula is C14H21N3O. The number of piperazine rings is 1. The molecule has 4 nitrogen and oxygen atoms in total. The van der Waals surface area contributed by atoms with Crippen LogP contribution in [0.4, 0.5) is 0 Å². The molecular weight excluding hydrogens is 226 g/mol. The van der Waals surface area contributed by atoms with E-state index in [4.69, 9.17) is 5.73 Å². The SMILES string of the molecule is Cc1ccccc1C(=O)N1CCN(C)CC1CN. The molecule has 2 rings (SSSR count). The summed E-state index contributed by atoms with van der Waals surface area (Å²) in [5.74, 6) is 0.108. The Bertz CT molecular complexity index is 433. The van der Waals surface area contributed by atoms with Crippen LogP contribution in [-0.4, -0.2) is 55.0 Å². The number of rotatable bonds is 2. The van der Waals surface area contributed by atoms with E-state index in [1.54, 1.807) is 0 Å². The third-order valence-corrected chi connectivity index (χ3v) is 3.59. The Morgan fingerprint density at radius 2 is 2.11 bits per heavy atom. The number of carbonyl (C=O) groups excluding carboxylic acids is 1. The van der Waals surface area contributed by atoms with Crippen molar-refractivity contribution < 1.29 is 4.79 Å². The molecule has 1 fully saturated rings. The lowest BCUT2D eigenvalue weighted by molar-refractivity contribution is 0.0515. The molecule has 1 unspecified atom stereocenters. The molecule has 1 atom stereocenters. The average molecular weight is 247 g/mol. The lowest BCUT2D eigenvalue weighted by atomic mass is 10.1. The summed E-state index contributed by atoms with van der Waals surface area (Å²) in [6.07, 6.45) is 0. The number of nitrogens with two attached hydrogens (primary N) is 1. The van der Waals surface area contributed by atoms with E-state index in [0.29, 0.717) is 6.54 Å². The summed E-state index contributed by atoms with van der Waals surface area (Å²) in [5, 5.41) is 0. The van der Waals surface area contributed by atoms with Gasteiger partial charge in [0.2, 0.25) is 0 Å². The van der Waals surface area contributed by atoms with E-state index < -0.39 is 0 Å². The second-order valence-electron chi connectivity index (χ2n) is 4.97. The first kappa shape index (κ1) is 13.1. The predicted octanol–water partition coefficient (Wildman–Crippen LogP) is 0.710. The molecule has 0 radical (unpaired) electrons. The molecule has 1 amide bonds. The number of benzene rings is 1. The van der Waals surface area contributed by atoms with Crippen molar-refractivity contribution in [1.82, 2.24) is 9.80 Å². The number of carbonyl (C=O) groups is 1. The van der Waals surface area contributed by atoms with Gasteiger partial charge in [-0.15, -0.1) is 0 Å². The maximum absolute atomic E-state index is 12.5. The number of aryl methyl sites for hydroxylation is 1. The number of nitrogens with zero attached hydrogens (tertiary/aromatic N) is 2. The van der Waals surface area contributed by atoms with Crippen molar-refractivity contribution in [2.45, 2.75) is 13.0 Å². The van der Waals surface area contributed by atoms with Gasteiger partial charge >= 0.3 is 0 Å². The summed E-state index contributed by atoms with van der Waals surface area (Å²) in [5.41, 5.74) is 7.61. The van der Waals surface area contributed by atoms with Gasteiger partial charge in [0.1, 0.15) is 0 Å². The smallest absolute Gasteiger partial charge is 0.254 e. The summed E-state index contributed by atoms with van der Waals surface area (Å²) in [7, 11) is 2.07. The Hall–Kier alpha value is -1.39. The Morgan fingerprint density at radius 1 is 1.39 bits per heavy atom. The van der Waals surface area contributed by atoms with E-state index in [0.717, 1.165) is 30.8 Å². The summed E-state index contributed by atoms with van der Waals surface area (Å²) in [4.78, 5) is 16.7. The topological polar surface area (TPSA) is 49.6 Å². The predicted molar refractivity (Wildman–Crippen MR) is 72.6 cm³/mol. The first-order valence-electron chi connectivity index (χ1n) is 6.38. The highest BCUT2D eigenvalue weighted by Gasteiger charge is 2.29. The van der Waals surface area contributed by atoms with Crippen LogP contribution in [0.15, 0.2) is 24.3 Å². The summed E-state index contributed by atoms with van der Waals surface area (Å²) in [6.45, 7) is 5.01. The number of likely N-dealkylation sites (N-methyl/N-ethyl adjacent to an activating group) is 1. The fourth-order valence-electron chi connectivity index (χ4n) is 2.45. The van der Waals surface area contributed by atoms with Crippen LogP contribution in [0, 0.1) is 6.92 Å². The number of amides is 1. The quantitative estimate of drug-likeness (QED) is 0.837. The van der Waals surface area contributed by atoms with Crippen molar-refractivity contribution in [1.29, 1.82) is 0 Å². The maximum Gasteiger partial charge on any atom is 0.254 e. The van der Waals surface area contributed by atoms with Crippen LogP contribution in [0.25, 0.3) is 0 Å². The minimum atomic E-state index is 0.108. The monoisotopic (exact) mass is 247 g/mol. The van der Waals surface area contributed by atoms with E-state index in [9.17, 15) is 4.79 Å². The average Bonchev–Trinajstić information content (AvgIpc) is 2.38. The minimum absolute atomic E-state index is 0.108. The largest absolute Gasteiger partial charge is 0.332 e. The Morgan fingerprint density at radius 3 is 2.78 bits per heavy atom. The second-order valence-corrected chi connectivity index (χ2v) is 4.97. The highest BCUT2D eigenvalue weighted by atomic mass is 16.2. The standard InChI is InChI=1S/C14H21N3O/c1-11-5-3-4-6-13(11)14(18)17-8-7-16(2)10-12(17)9-15/h3-6,12H,7-10,15H2,1-2H3. The molecule has 4 heteroatoms. The van der Waals surface area contributed by atoms with E-state index in [2.05, 4.69) is 11.9 Å². The molecule has 0 aromatic heterocycles. The lowest BCUT2D eigenvalue weighted by Crippen LogP contribution is -2.56. The van der Waals surface area contributed by atoms with E-state index >= 15 is 0 Å². The van der Waals surface area contributed by atoms with Gasteiger partial charge in [-0.05, 0) is 25.6 Å².